The quantitative estimate of drug-likeness (QED) is 0.132. The summed E-state index contributed by atoms with van der Waals surface area (Å²) in [4.78, 5) is 1.43. The Bertz CT molecular complexity index is 1260. The van der Waals surface area contributed by atoms with Crippen molar-refractivity contribution in [3.05, 3.63) is 87.6 Å². The molecule has 3 nitrogen and oxygen atoms in total. The molecule has 5 rings (SSSR count). The van der Waals surface area contributed by atoms with Gasteiger partial charge in [0.25, 0.3) is 0 Å². The number of aromatic nitrogens is 2. The van der Waals surface area contributed by atoms with Crippen molar-refractivity contribution in [3.63, 3.8) is 0 Å². The highest BCUT2D eigenvalue weighted by Gasteiger charge is 2.29. The van der Waals surface area contributed by atoms with Crippen molar-refractivity contribution in [2.45, 2.75) is 38.8 Å². The Morgan fingerprint density at radius 2 is 1.70 bits per heavy atom. The molecule has 0 radical (unpaired) electrons. The lowest BCUT2D eigenvalue weighted by molar-refractivity contribution is 0.0799. The summed E-state index contributed by atoms with van der Waals surface area (Å²) in [5, 5.41) is 7.21. The highest BCUT2D eigenvalue weighted by atomic mass is 32.1. The molecule has 0 aliphatic heterocycles. The molecule has 0 saturated carbocycles. The van der Waals surface area contributed by atoms with E-state index in [1.807, 2.05) is 17.4 Å². The van der Waals surface area contributed by atoms with Crippen molar-refractivity contribution in [3.8, 4) is 22.5 Å². The fourth-order valence-electron chi connectivity index (χ4n) is 4.18. The fraction of sp³-hybridized carbons (Fsp3) is 0.250. The van der Waals surface area contributed by atoms with Crippen molar-refractivity contribution >= 4 is 31.6 Å². The van der Waals surface area contributed by atoms with Gasteiger partial charge in [0.15, 0.2) is 0 Å². The van der Waals surface area contributed by atoms with Crippen LogP contribution in [0, 0.1) is 0 Å². The Kier molecular flexibility index (Phi) is 6.19. The number of hydrogen-bond acceptors (Lipinski definition) is 3. The first-order valence-corrected chi connectivity index (χ1v) is 16.1. The highest BCUT2D eigenvalue weighted by molar-refractivity contribution is 7.10. The van der Waals surface area contributed by atoms with Gasteiger partial charge in [0.05, 0.1) is 11.4 Å². The lowest BCUT2D eigenvalue weighted by Gasteiger charge is -2.15. The lowest BCUT2D eigenvalue weighted by Crippen LogP contribution is -2.22. The van der Waals surface area contributed by atoms with Crippen LogP contribution in [0.5, 0.6) is 0 Å². The molecular formula is C28H30N2OSSi. The number of fused-ring (bicyclic) bond motifs is 3. The molecule has 2 heterocycles. The summed E-state index contributed by atoms with van der Waals surface area (Å²) in [6, 6.07) is 22.5. The van der Waals surface area contributed by atoms with Crippen LogP contribution < -0.4 is 0 Å². The summed E-state index contributed by atoms with van der Waals surface area (Å²) < 4.78 is 8.16. The van der Waals surface area contributed by atoms with Crippen molar-refractivity contribution in [1.29, 1.82) is 0 Å². The molecule has 0 unspecified atom stereocenters. The van der Waals surface area contributed by atoms with Gasteiger partial charge in [0.2, 0.25) is 0 Å². The van der Waals surface area contributed by atoms with E-state index in [-0.39, 0.29) is 0 Å². The number of nitrogens with zero attached hydrogens (tertiary/aromatic N) is 2. The monoisotopic (exact) mass is 470 g/mol. The molecule has 2 aromatic heterocycles. The van der Waals surface area contributed by atoms with E-state index >= 15 is 0 Å². The number of hydrogen-bond donors (Lipinski definition) is 0. The van der Waals surface area contributed by atoms with Crippen LogP contribution in [0.4, 0.5) is 0 Å². The highest BCUT2D eigenvalue weighted by Crippen LogP contribution is 2.44. The smallest absolute Gasteiger partial charge is 0.140 e. The number of thiophene rings is 1. The molecule has 0 N–H and O–H groups in total. The van der Waals surface area contributed by atoms with Crippen molar-refractivity contribution in [2.24, 2.45) is 0 Å². The minimum absolute atomic E-state index is 0.514. The van der Waals surface area contributed by atoms with Crippen molar-refractivity contribution in [1.82, 2.24) is 9.78 Å². The third-order valence-electron chi connectivity index (χ3n) is 6.05. The predicted molar refractivity (Wildman–Crippen MR) is 143 cm³/mol. The van der Waals surface area contributed by atoms with E-state index < -0.39 is 8.07 Å². The molecule has 2 aromatic carbocycles. The van der Waals surface area contributed by atoms with Crippen molar-refractivity contribution < 1.29 is 4.74 Å². The van der Waals surface area contributed by atoms with Gasteiger partial charge >= 0.3 is 0 Å². The Hall–Kier alpha value is -2.73. The normalized spacial score (nSPS) is 12.9. The molecule has 0 atom stereocenters. The second kappa shape index (κ2) is 9.25. The van der Waals surface area contributed by atoms with Crippen LogP contribution in [0.3, 0.4) is 0 Å². The molecule has 1 aliphatic carbocycles. The van der Waals surface area contributed by atoms with Crippen LogP contribution in [0.25, 0.3) is 34.7 Å². The van der Waals surface area contributed by atoms with E-state index in [9.17, 15) is 0 Å². The summed E-state index contributed by atoms with van der Waals surface area (Å²) in [7, 11) is -1.10. The molecule has 1 aliphatic rings. The lowest BCUT2D eigenvalue weighted by atomic mass is 10.0. The summed E-state index contributed by atoms with van der Waals surface area (Å²) in [6.45, 7) is 8.47. The number of benzene rings is 2. The summed E-state index contributed by atoms with van der Waals surface area (Å²) in [6.07, 6.45) is 5.27. The summed E-state index contributed by atoms with van der Waals surface area (Å²) in [5.41, 5.74) is 8.54. The van der Waals surface area contributed by atoms with Crippen LogP contribution >= 0.6 is 11.3 Å². The number of ether oxygens (including phenoxy) is 1. The third kappa shape index (κ3) is 4.96. The van der Waals surface area contributed by atoms with Gasteiger partial charge in [-0.3, -0.25) is 0 Å². The summed E-state index contributed by atoms with van der Waals surface area (Å²) in [5.74, 6) is 0. The minimum atomic E-state index is -1.10. The molecular weight excluding hydrogens is 440 g/mol. The van der Waals surface area contributed by atoms with Gasteiger partial charge in [-0.2, -0.15) is 5.10 Å². The Morgan fingerprint density at radius 3 is 2.42 bits per heavy atom. The van der Waals surface area contributed by atoms with Crippen LogP contribution in [0.1, 0.15) is 21.6 Å². The minimum Gasteiger partial charge on any atom is -0.360 e. The van der Waals surface area contributed by atoms with Crippen LogP contribution in [0.15, 0.2) is 66.0 Å². The van der Waals surface area contributed by atoms with Gasteiger partial charge in [-0.25, -0.2) is 4.68 Å². The first kappa shape index (κ1) is 22.1. The van der Waals surface area contributed by atoms with E-state index in [1.54, 1.807) is 0 Å². The standard InChI is InChI=1S/C28H30N2OSSi/c1-33(2,3)18-16-31-20-30-28-24-15-17-32-26(24)19-25(28)27(29-30)23-13-11-22(12-14-23)10-9-21-7-5-4-6-8-21/h4-15,17H,16,18-20H2,1-3H3. The Balaban J connectivity index is 1.38. The second-order valence-electron chi connectivity index (χ2n) is 9.82. The zero-order valence-corrected chi connectivity index (χ0v) is 21.4. The Morgan fingerprint density at radius 1 is 0.970 bits per heavy atom. The molecule has 168 valence electrons. The van der Waals surface area contributed by atoms with E-state index in [0.29, 0.717) is 6.73 Å². The molecule has 0 fully saturated rings. The second-order valence-corrected chi connectivity index (χ2v) is 16.4. The topological polar surface area (TPSA) is 27.1 Å². The van der Waals surface area contributed by atoms with E-state index in [1.165, 1.54) is 44.4 Å². The maximum absolute atomic E-state index is 6.08. The largest absolute Gasteiger partial charge is 0.360 e. The maximum Gasteiger partial charge on any atom is 0.140 e. The van der Waals surface area contributed by atoms with E-state index in [2.05, 4.69) is 96.5 Å². The number of rotatable bonds is 8. The SMILES string of the molecule is C[Si](C)(C)CCOCn1nc(-c2ccc(C=Cc3ccccc3)cc2)c2c1-c1ccsc1C2. The zero-order valence-electron chi connectivity index (χ0n) is 19.5. The zero-order chi connectivity index (χ0) is 22.8. The van der Waals surface area contributed by atoms with Crippen LogP contribution in [-0.4, -0.2) is 24.5 Å². The van der Waals surface area contributed by atoms with Gasteiger partial charge in [0.1, 0.15) is 6.73 Å². The summed E-state index contributed by atoms with van der Waals surface area (Å²) >= 11 is 1.84. The third-order valence-corrected chi connectivity index (χ3v) is 8.68. The molecule has 0 spiro atoms. The molecule has 5 heteroatoms. The van der Waals surface area contributed by atoms with E-state index in [4.69, 9.17) is 9.84 Å². The van der Waals surface area contributed by atoms with Gasteiger partial charge < -0.3 is 4.74 Å². The first-order valence-electron chi connectivity index (χ1n) is 11.6. The fourth-order valence-corrected chi connectivity index (χ4v) is 5.83. The average molecular weight is 471 g/mol. The van der Waals surface area contributed by atoms with Gasteiger partial charge in [0, 0.05) is 42.7 Å². The van der Waals surface area contributed by atoms with Gasteiger partial charge in [-0.15, -0.1) is 11.3 Å². The molecule has 0 bridgehead atoms. The molecule has 0 amide bonds. The molecule has 4 aromatic rings. The van der Waals surface area contributed by atoms with E-state index in [0.717, 1.165) is 18.7 Å². The van der Waals surface area contributed by atoms with Crippen LogP contribution in [0.2, 0.25) is 25.7 Å². The average Bonchev–Trinajstić information content (AvgIpc) is 3.48. The first-order chi connectivity index (χ1) is 16.0. The maximum atomic E-state index is 6.08. The van der Waals surface area contributed by atoms with Gasteiger partial charge in [-0.1, -0.05) is 86.4 Å². The van der Waals surface area contributed by atoms with Gasteiger partial charge in [-0.05, 0) is 28.6 Å². The molecule has 33 heavy (non-hydrogen) atoms. The molecule has 0 saturated heterocycles. The predicted octanol–water partition coefficient (Wildman–Crippen LogP) is 7.67. The van der Waals surface area contributed by atoms with Crippen molar-refractivity contribution in [2.75, 3.05) is 6.61 Å². The van der Waals surface area contributed by atoms with Crippen LogP contribution in [-0.2, 0) is 17.9 Å². The Labute approximate surface area is 201 Å².